The summed E-state index contributed by atoms with van der Waals surface area (Å²) in [5.74, 6) is 0. The van der Waals surface area contributed by atoms with Gasteiger partial charge in [0.05, 0.1) is 6.54 Å². The Morgan fingerprint density at radius 3 is 3.00 bits per heavy atom. The molecule has 0 spiro atoms. The molecule has 0 aliphatic carbocycles. The van der Waals surface area contributed by atoms with E-state index in [2.05, 4.69) is 15.4 Å². The minimum Gasteiger partial charge on any atom is -0.312 e. The highest BCUT2D eigenvalue weighted by Crippen LogP contribution is 2.07. The predicted octanol–water partition coefficient (Wildman–Crippen LogP) is 0.842. The molecule has 4 nitrogen and oxygen atoms in total. The molecule has 1 unspecified atom stereocenters. The zero-order chi connectivity index (χ0) is 8.23. The van der Waals surface area contributed by atoms with E-state index >= 15 is 0 Å². The Hall–Kier alpha value is -0.610. The van der Waals surface area contributed by atoms with Crippen LogP contribution in [0, 0.1) is 0 Å². The summed E-state index contributed by atoms with van der Waals surface area (Å²) in [5, 5.41) is 7.54. The molecule has 1 aromatic heterocycles. The Bertz CT molecular complexity index is 218. The van der Waals surface area contributed by atoms with E-state index in [1.807, 2.05) is 4.68 Å². The van der Waals surface area contributed by atoms with Crippen molar-refractivity contribution in [1.82, 2.24) is 20.1 Å². The summed E-state index contributed by atoms with van der Waals surface area (Å²) in [6.45, 7) is 2.11. The van der Waals surface area contributed by atoms with E-state index < -0.39 is 0 Å². The lowest BCUT2D eigenvalue weighted by molar-refractivity contribution is 0.351. The fourth-order valence-corrected chi connectivity index (χ4v) is 1.63. The average molecular weight is 203 g/mol. The Morgan fingerprint density at radius 2 is 2.38 bits per heavy atom. The van der Waals surface area contributed by atoms with Gasteiger partial charge in [0.15, 0.2) is 0 Å². The molecule has 1 aliphatic rings. The smallest absolute Gasteiger partial charge is 0.137 e. The molecular weight excluding hydrogens is 188 g/mol. The van der Waals surface area contributed by atoms with E-state index in [1.54, 1.807) is 12.7 Å². The van der Waals surface area contributed by atoms with Crippen molar-refractivity contribution in [1.29, 1.82) is 0 Å². The molecule has 1 atom stereocenters. The third-order valence-corrected chi connectivity index (χ3v) is 2.29. The maximum atomic E-state index is 4.08. The van der Waals surface area contributed by atoms with E-state index in [1.165, 1.54) is 19.3 Å². The summed E-state index contributed by atoms with van der Waals surface area (Å²) < 4.78 is 1.89. The first-order valence-corrected chi connectivity index (χ1v) is 4.51. The van der Waals surface area contributed by atoms with Crippen molar-refractivity contribution in [3.05, 3.63) is 12.7 Å². The largest absolute Gasteiger partial charge is 0.312 e. The summed E-state index contributed by atoms with van der Waals surface area (Å²) in [6, 6.07) is 0.598. The van der Waals surface area contributed by atoms with Gasteiger partial charge in [0.2, 0.25) is 0 Å². The summed E-state index contributed by atoms with van der Waals surface area (Å²) in [6.07, 6.45) is 7.28. The molecule has 0 bridgehead atoms. The van der Waals surface area contributed by atoms with E-state index in [4.69, 9.17) is 0 Å². The molecule has 0 aromatic carbocycles. The molecular formula is C8H15ClN4. The summed E-state index contributed by atoms with van der Waals surface area (Å²) in [7, 11) is 0. The average Bonchev–Trinajstić information content (AvgIpc) is 2.59. The van der Waals surface area contributed by atoms with Gasteiger partial charge in [0.25, 0.3) is 0 Å². The first kappa shape index (κ1) is 10.5. The molecule has 1 fully saturated rings. The van der Waals surface area contributed by atoms with Crippen molar-refractivity contribution in [2.24, 2.45) is 0 Å². The lowest BCUT2D eigenvalue weighted by atomic mass is 10.1. The standard InChI is InChI=1S/C8H14N4.ClH/c1-2-4-10-8(3-1)5-12-7-9-6-11-12;/h6-8,10H,1-5H2;1H. The minimum atomic E-state index is 0. The van der Waals surface area contributed by atoms with Crippen LogP contribution in [0.1, 0.15) is 19.3 Å². The maximum Gasteiger partial charge on any atom is 0.137 e. The van der Waals surface area contributed by atoms with E-state index in [0.717, 1.165) is 13.1 Å². The minimum absolute atomic E-state index is 0. The van der Waals surface area contributed by atoms with Gasteiger partial charge in [0, 0.05) is 6.04 Å². The highest BCUT2D eigenvalue weighted by molar-refractivity contribution is 5.85. The van der Waals surface area contributed by atoms with Gasteiger partial charge in [-0.1, -0.05) is 6.42 Å². The monoisotopic (exact) mass is 202 g/mol. The third kappa shape index (κ3) is 2.97. The molecule has 0 saturated carbocycles. The van der Waals surface area contributed by atoms with Gasteiger partial charge < -0.3 is 5.32 Å². The van der Waals surface area contributed by atoms with Gasteiger partial charge in [-0.05, 0) is 19.4 Å². The van der Waals surface area contributed by atoms with Crippen LogP contribution in [0.5, 0.6) is 0 Å². The van der Waals surface area contributed by atoms with Crippen LogP contribution in [-0.2, 0) is 6.54 Å². The third-order valence-electron chi connectivity index (χ3n) is 2.29. The quantitative estimate of drug-likeness (QED) is 0.773. The first-order chi connectivity index (χ1) is 5.95. The van der Waals surface area contributed by atoms with Gasteiger partial charge in [-0.3, -0.25) is 4.68 Å². The van der Waals surface area contributed by atoms with Crippen molar-refractivity contribution in [3.8, 4) is 0 Å². The summed E-state index contributed by atoms with van der Waals surface area (Å²) in [4.78, 5) is 3.91. The molecule has 1 aliphatic heterocycles. The Balaban J connectivity index is 0.000000845. The molecule has 0 amide bonds. The van der Waals surface area contributed by atoms with Crippen molar-refractivity contribution < 1.29 is 0 Å². The zero-order valence-electron chi connectivity index (χ0n) is 7.52. The molecule has 1 aromatic rings. The maximum absolute atomic E-state index is 4.08. The zero-order valence-corrected chi connectivity index (χ0v) is 8.33. The van der Waals surface area contributed by atoms with Crippen LogP contribution < -0.4 is 5.32 Å². The molecule has 13 heavy (non-hydrogen) atoms. The van der Waals surface area contributed by atoms with Crippen LogP contribution in [0.15, 0.2) is 12.7 Å². The highest BCUT2D eigenvalue weighted by Gasteiger charge is 2.12. The van der Waals surface area contributed by atoms with Crippen LogP contribution in [0.25, 0.3) is 0 Å². The van der Waals surface area contributed by atoms with E-state index in [0.29, 0.717) is 6.04 Å². The number of rotatable bonds is 2. The number of nitrogens with zero attached hydrogens (tertiary/aromatic N) is 3. The lowest BCUT2D eigenvalue weighted by Crippen LogP contribution is -2.37. The molecule has 1 saturated heterocycles. The van der Waals surface area contributed by atoms with Crippen LogP contribution in [0.2, 0.25) is 0 Å². The van der Waals surface area contributed by atoms with Crippen LogP contribution in [0.3, 0.4) is 0 Å². The Kier molecular flexibility index (Phi) is 4.18. The van der Waals surface area contributed by atoms with Gasteiger partial charge in [-0.15, -0.1) is 12.4 Å². The second-order valence-corrected chi connectivity index (χ2v) is 3.26. The van der Waals surface area contributed by atoms with Gasteiger partial charge in [-0.2, -0.15) is 5.10 Å². The number of nitrogens with one attached hydrogen (secondary N) is 1. The fourth-order valence-electron chi connectivity index (χ4n) is 1.63. The molecule has 0 radical (unpaired) electrons. The highest BCUT2D eigenvalue weighted by atomic mass is 35.5. The van der Waals surface area contributed by atoms with Crippen molar-refractivity contribution >= 4 is 12.4 Å². The van der Waals surface area contributed by atoms with E-state index in [-0.39, 0.29) is 12.4 Å². The first-order valence-electron chi connectivity index (χ1n) is 4.51. The van der Waals surface area contributed by atoms with Crippen LogP contribution in [-0.4, -0.2) is 27.4 Å². The van der Waals surface area contributed by atoms with Crippen LogP contribution >= 0.6 is 12.4 Å². The summed E-state index contributed by atoms with van der Waals surface area (Å²) >= 11 is 0. The lowest BCUT2D eigenvalue weighted by Gasteiger charge is -2.22. The topological polar surface area (TPSA) is 42.7 Å². The number of hydrogen-bond donors (Lipinski definition) is 1. The van der Waals surface area contributed by atoms with Crippen molar-refractivity contribution in [2.75, 3.05) is 6.54 Å². The number of piperidine rings is 1. The van der Waals surface area contributed by atoms with Gasteiger partial charge in [-0.25, -0.2) is 4.98 Å². The van der Waals surface area contributed by atoms with Gasteiger partial charge in [0.1, 0.15) is 12.7 Å². The Morgan fingerprint density at radius 1 is 1.46 bits per heavy atom. The normalized spacial score (nSPS) is 22.3. The molecule has 1 N–H and O–H groups in total. The number of halogens is 1. The Labute approximate surface area is 84.1 Å². The molecule has 5 heteroatoms. The van der Waals surface area contributed by atoms with Gasteiger partial charge >= 0.3 is 0 Å². The number of hydrogen-bond acceptors (Lipinski definition) is 3. The van der Waals surface area contributed by atoms with Crippen molar-refractivity contribution in [3.63, 3.8) is 0 Å². The number of aromatic nitrogens is 3. The second kappa shape index (κ2) is 5.19. The molecule has 74 valence electrons. The predicted molar refractivity (Wildman–Crippen MR) is 52.9 cm³/mol. The summed E-state index contributed by atoms with van der Waals surface area (Å²) in [5.41, 5.74) is 0. The molecule has 2 heterocycles. The van der Waals surface area contributed by atoms with Crippen LogP contribution in [0.4, 0.5) is 0 Å². The SMILES string of the molecule is Cl.c1ncn(CC2CCCCN2)n1. The van der Waals surface area contributed by atoms with E-state index in [9.17, 15) is 0 Å². The second-order valence-electron chi connectivity index (χ2n) is 3.26. The van der Waals surface area contributed by atoms with Crippen molar-refractivity contribution in [2.45, 2.75) is 31.8 Å². The molecule has 2 rings (SSSR count). The fraction of sp³-hybridized carbons (Fsp3) is 0.750.